The van der Waals surface area contributed by atoms with E-state index in [0.717, 1.165) is 19.3 Å². The predicted octanol–water partition coefficient (Wildman–Crippen LogP) is 4.31. The van der Waals surface area contributed by atoms with Gasteiger partial charge in [-0.1, -0.05) is 32.8 Å². The van der Waals surface area contributed by atoms with Gasteiger partial charge in [0.1, 0.15) is 0 Å². The van der Waals surface area contributed by atoms with Crippen LogP contribution < -0.4 is 0 Å². The first-order chi connectivity index (χ1) is 7.60. The standard InChI is InChI=1S/C15H28O/c1-4-5-6-9-14(16)15(12-13(2)3)10-7-8-11-15/h4,13-14,16H,1,5-12H2,2-3H3. The quantitative estimate of drug-likeness (QED) is 0.504. The van der Waals surface area contributed by atoms with Crippen LogP contribution in [-0.2, 0) is 0 Å². The zero-order valence-corrected chi connectivity index (χ0v) is 11.0. The van der Waals surface area contributed by atoms with Crippen LogP contribution in [0.1, 0.15) is 65.2 Å². The van der Waals surface area contributed by atoms with Gasteiger partial charge in [-0.25, -0.2) is 0 Å². The highest BCUT2D eigenvalue weighted by Crippen LogP contribution is 2.47. The summed E-state index contributed by atoms with van der Waals surface area (Å²) in [6, 6.07) is 0. The van der Waals surface area contributed by atoms with Gasteiger partial charge in [0, 0.05) is 0 Å². The van der Waals surface area contributed by atoms with Crippen molar-refractivity contribution in [3.63, 3.8) is 0 Å². The van der Waals surface area contributed by atoms with Crippen LogP contribution in [0.2, 0.25) is 0 Å². The van der Waals surface area contributed by atoms with E-state index in [2.05, 4.69) is 20.4 Å². The second kappa shape index (κ2) is 6.44. The molecule has 0 saturated heterocycles. The SMILES string of the molecule is C=CCCCC(O)C1(CC(C)C)CCCC1. The maximum absolute atomic E-state index is 10.4. The van der Waals surface area contributed by atoms with E-state index in [0.29, 0.717) is 5.92 Å². The van der Waals surface area contributed by atoms with E-state index in [1.54, 1.807) is 0 Å². The van der Waals surface area contributed by atoms with Crippen molar-refractivity contribution in [1.29, 1.82) is 0 Å². The summed E-state index contributed by atoms with van der Waals surface area (Å²) >= 11 is 0. The molecule has 0 amide bonds. The lowest BCUT2D eigenvalue weighted by atomic mass is 9.72. The van der Waals surface area contributed by atoms with Gasteiger partial charge in [-0.3, -0.25) is 0 Å². The van der Waals surface area contributed by atoms with Crippen molar-refractivity contribution >= 4 is 0 Å². The summed E-state index contributed by atoms with van der Waals surface area (Å²) in [6.45, 7) is 8.29. The fraction of sp³-hybridized carbons (Fsp3) is 0.867. The van der Waals surface area contributed by atoms with E-state index in [1.165, 1.54) is 32.1 Å². The van der Waals surface area contributed by atoms with Gasteiger partial charge in [0.15, 0.2) is 0 Å². The van der Waals surface area contributed by atoms with Gasteiger partial charge >= 0.3 is 0 Å². The summed E-state index contributed by atoms with van der Waals surface area (Å²) in [4.78, 5) is 0. The molecule has 1 unspecified atom stereocenters. The lowest BCUT2D eigenvalue weighted by Crippen LogP contribution is -2.34. The summed E-state index contributed by atoms with van der Waals surface area (Å²) in [5.41, 5.74) is 0.245. The van der Waals surface area contributed by atoms with Crippen molar-refractivity contribution in [2.45, 2.75) is 71.3 Å². The van der Waals surface area contributed by atoms with Crippen molar-refractivity contribution in [1.82, 2.24) is 0 Å². The van der Waals surface area contributed by atoms with Crippen LogP contribution in [0.25, 0.3) is 0 Å². The van der Waals surface area contributed by atoms with Crippen LogP contribution in [0, 0.1) is 11.3 Å². The fourth-order valence-corrected chi connectivity index (χ4v) is 3.33. The van der Waals surface area contributed by atoms with Crippen molar-refractivity contribution < 1.29 is 5.11 Å². The molecule has 0 bridgehead atoms. The number of hydrogen-bond acceptors (Lipinski definition) is 1. The second-order valence-electron chi connectivity index (χ2n) is 5.90. The Morgan fingerprint density at radius 2 is 1.94 bits per heavy atom. The average molecular weight is 224 g/mol. The first-order valence-corrected chi connectivity index (χ1v) is 6.90. The van der Waals surface area contributed by atoms with Crippen LogP contribution in [-0.4, -0.2) is 11.2 Å². The molecule has 0 aromatic carbocycles. The molecule has 1 heteroatoms. The second-order valence-corrected chi connectivity index (χ2v) is 5.90. The molecule has 16 heavy (non-hydrogen) atoms. The topological polar surface area (TPSA) is 20.2 Å². The van der Waals surface area contributed by atoms with E-state index < -0.39 is 0 Å². The maximum Gasteiger partial charge on any atom is 0.0596 e. The monoisotopic (exact) mass is 224 g/mol. The number of allylic oxidation sites excluding steroid dienone is 1. The number of aliphatic hydroxyl groups excluding tert-OH is 1. The van der Waals surface area contributed by atoms with Crippen molar-refractivity contribution in [2.75, 3.05) is 0 Å². The van der Waals surface area contributed by atoms with Gasteiger partial charge < -0.3 is 5.11 Å². The van der Waals surface area contributed by atoms with E-state index in [9.17, 15) is 5.11 Å². The van der Waals surface area contributed by atoms with Crippen LogP contribution in [0.5, 0.6) is 0 Å². The zero-order chi connectivity index (χ0) is 12.0. The zero-order valence-electron chi connectivity index (χ0n) is 11.0. The summed E-state index contributed by atoms with van der Waals surface area (Å²) in [7, 11) is 0. The van der Waals surface area contributed by atoms with Gasteiger partial charge in [-0.15, -0.1) is 6.58 Å². The first-order valence-electron chi connectivity index (χ1n) is 6.90. The molecule has 1 fully saturated rings. The van der Waals surface area contributed by atoms with Crippen LogP contribution in [0.4, 0.5) is 0 Å². The van der Waals surface area contributed by atoms with Crippen LogP contribution in [0.3, 0.4) is 0 Å². The maximum atomic E-state index is 10.4. The molecule has 1 N–H and O–H groups in total. The van der Waals surface area contributed by atoms with Crippen LogP contribution >= 0.6 is 0 Å². The van der Waals surface area contributed by atoms with Crippen molar-refractivity contribution in [3.05, 3.63) is 12.7 Å². The molecule has 1 rings (SSSR count). The molecule has 1 atom stereocenters. The normalized spacial score (nSPS) is 21.2. The molecular formula is C15H28O. The number of rotatable bonds is 7. The largest absolute Gasteiger partial charge is 0.393 e. The summed E-state index contributed by atoms with van der Waals surface area (Å²) in [5.74, 6) is 0.701. The van der Waals surface area contributed by atoms with Crippen LogP contribution in [0.15, 0.2) is 12.7 Å². The molecule has 0 aliphatic heterocycles. The summed E-state index contributed by atoms with van der Waals surface area (Å²) in [5, 5.41) is 10.4. The number of unbranched alkanes of at least 4 members (excludes halogenated alkanes) is 1. The third-order valence-corrected chi connectivity index (χ3v) is 4.01. The smallest absolute Gasteiger partial charge is 0.0596 e. The Morgan fingerprint density at radius 1 is 1.31 bits per heavy atom. The number of aliphatic hydroxyl groups is 1. The lowest BCUT2D eigenvalue weighted by molar-refractivity contribution is 0.00599. The van der Waals surface area contributed by atoms with Gasteiger partial charge in [0.25, 0.3) is 0 Å². The van der Waals surface area contributed by atoms with Gasteiger partial charge in [-0.05, 0) is 49.9 Å². The molecule has 1 saturated carbocycles. The Morgan fingerprint density at radius 3 is 2.44 bits per heavy atom. The minimum atomic E-state index is -0.0858. The lowest BCUT2D eigenvalue weighted by Gasteiger charge is -2.36. The Kier molecular flexibility index (Phi) is 5.54. The molecule has 1 aliphatic carbocycles. The van der Waals surface area contributed by atoms with Crippen molar-refractivity contribution in [2.24, 2.45) is 11.3 Å². The molecule has 0 radical (unpaired) electrons. The highest BCUT2D eigenvalue weighted by atomic mass is 16.3. The average Bonchev–Trinajstić information content (AvgIpc) is 2.67. The number of hydrogen-bond donors (Lipinski definition) is 1. The predicted molar refractivity (Wildman–Crippen MR) is 70.4 cm³/mol. The molecular weight excluding hydrogens is 196 g/mol. The highest BCUT2D eigenvalue weighted by molar-refractivity contribution is 4.91. The Bertz CT molecular complexity index is 201. The third kappa shape index (κ3) is 3.62. The minimum absolute atomic E-state index is 0.0858. The minimum Gasteiger partial charge on any atom is -0.393 e. The Labute approximate surface area is 101 Å². The first kappa shape index (κ1) is 13.8. The Balaban J connectivity index is 2.50. The van der Waals surface area contributed by atoms with Gasteiger partial charge in [0.2, 0.25) is 0 Å². The molecule has 0 aromatic rings. The van der Waals surface area contributed by atoms with E-state index in [1.807, 2.05) is 6.08 Å². The third-order valence-electron chi connectivity index (χ3n) is 4.01. The van der Waals surface area contributed by atoms with Gasteiger partial charge in [-0.2, -0.15) is 0 Å². The van der Waals surface area contributed by atoms with E-state index in [-0.39, 0.29) is 11.5 Å². The Hall–Kier alpha value is -0.300. The summed E-state index contributed by atoms with van der Waals surface area (Å²) in [6.07, 6.45) is 11.2. The molecule has 1 aliphatic rings. The molecule has 94 valence electrons. The van der Waals surface area contributed by atoms with E-state index >= 15 is 0 Å². The highest BCUT2D eigenvalue weighted by Gasteiger charge is 2.40. The molecule has 0 heterocycles. The fourth-order valence-electron chi connectivity index (χ4n) is 3.33. The molecule has 1 nitrogen and oxygen atoms in total. The molecule has 0 spiro atoms. The van der Waals surface area contributed by atoms with Gasteiger partial charge in [0.05, 0.1) is 6.10 Å². The summed E-state index contributed by atoms with van der Waals surface area (Å²) < 4.78 is 0. The van der Waals surface area contributed by atoms with E-state index in [4.69, 9.17) is 0 Å². The molecule has 0 aromatic heterocycles. The van der Waals surface area contributed by atoms with Crippen molar-refractivity contribution in [3.8, 4) is 0 Å².